The molecule has 0 aliphatic heterocycles. The van der Waals surface area contributed by atoms with E-state index in [0.29, 0.717) is 13.2 Å². The van der Waals surface area contributed by atoms with Gasteiger partial charge >= 0.3 is 0 Å². The van der Waals surface area contributed by atoms with Crippen molar-refractivity contribution in [2.45, 2.75) is 38.5 Å². The van der Waals surface area contributed by atoms with E-state index in [1.54, 1.807) is 14.2 Å². The van der Waals surface area contributed by atoms with Crippen LogP contribution in [0.5, 0.6) is 0 Å². The van der Waals surface area contributed by atoms with Crippen LogP contribution in [0.2, 0.25) is 0 Å². The summed E-state index contributed by atoms with van der Waals surface area (Å²) >= 11 is 0. The molecule has 0 spiro atoms. The third-order valence-electron chi connectivity index (χ3n) is 1.99. The van der Waals surface area contributed by atoms with Gasteiger partial charge in [-0.15, -0.1) is 0 Å². The zero-order chi connectivity index (χ0) is 9.07. The van der Waals surface area contributed by atoms with Crippen LogP contribution in [0.3, 0.4) is 0 Å². The molecule has 0 unspecified atom stereocenters. The van der Waals surface area contributed by atoms with Gasteiger partial charge in [-0.3, -0.25) is 0 Å². The first-order chi connectivity index (χ1) is 5.91. The van der Waals surface area contributed by atoms with Gasteiger partial charge in [0.15, 0.2) is 0 Å². The molecule has 12 heavy (non-hydrogen) atoms. The third-order valence-corrected chi connectivity index (χ3v) is 1.99. The highest BCUT2D eigenvalue weighted by molar-refractivity contribution is 4.51. The van der Waals surface area contributed by atoms with Crippen LogP contribution in [0.25, 0.3) is 0 Å². The van der Waals surface area contributed by atoms with Crippen LogP contribution in [0.1, 0.15) is 38.5 Å². The Hall–Kier alpha value is -0.0800. The summed E-state index contributed by atoms with van der Waals surface area (Å²) in [6.07, 6.45) is 9.00. The molecule has 0 N–H and O–H groups in total. The van der Waals surface area contributed by atoms with Crippen LogP contribution in [-0.2, 0) is 9.47 Å². The molecule has 2 nitrogen and oxygen atoms in total. The number of ether oxygens (including phenoxy) is 2. The van der Waals surface area contributed by atoms with Crippen LogP contribution in [-0.4, -0.2) is 27.4 Å². The van der Waals surface area contributed by atoms with Crippen molar-refractivity contribution in [3.8, 4) is 0 Å². The highest BCUT2D eigenvalue weighted by atomic mass is 16.5. The Labute approximate surface area is 76.3 Å². The minimum Gasteiger partial charge on any atom is -0.382 e. The van der Waals surface area contributed by atoms with Gasteiger partial charge in [0.2, 0.25) is 0 Å². The van der Waals surface area contributed by atoms with Crippen molar-refractivity contribution in [2.75, 3.05) is 27.4 Å². The van der Waals surface area contributed by atoms with Crippen LogP contribution in [0.15, 0.2) is 0 Å². The molecule has 74 valence electrons. The zero-order valence-corrected chi connectivity index (χ0v) is 8.47. The molecule has 0 atom stereocenters. The molecule has 0 bridgehead atoms. The van der Waals surface area contributed by atoms with Gasteiger partial charge in [0.1, 0.15) is 0 Å². The average molecular weight is 174 g/mol. The molecule has 0 aromatic rings. The van der Waals surface area contributed by atoms with Crippen molar-refractivity contribution in [2.24, 2.45) is 0 Å². The second-order valence-corrected chi connectivity index (χ2v) is 3.11. The van der Waals surface area contributed by atoms with Gasteiger partial charge in [-0.2, -0.15) is 0 Å². The SMILES string of the molecule is C1CCCCC1.COCCOC. The normalized spacial score (nSPS) is 16.5. The second kappa shape index (κ2) is 10.9. The molecule has 0 amide bonds. The molecule has 1 saturated carbocycles. The largest absolute Gasteiger partial charge is 0.382 e. The first-order valence-corrected chi connectivity index (χ1v) is 4.89. The first kappa shape index (κ1) is 11.9. The summed E-state index contributed by atoms with van der Waals surface area (Å²) < 4.78 is 9.31. The summed E-state index contributed by atoms with van der Waals surface area (Å²) in [7, 11) is 3.30. The van der Waals surface area contributed by atoms with Gasteiger partial charge in [-0.1, -0.05) is 38.5 Å². The smallest absolute Gasteiger partial charge is 0.0696 e. The predicted molar refractivity (Wildman–Crippen MR) is 51.5 cm³/mol. The Kier molecular flexibility index (Phi) is 10.8. The van der Waals surface area contributed by atoms with E-state index in [2.05, 4.69) is 9.47 Å². The molecule has 0 aromatic carbocycles. The lowest BCUT2D eigenvalue weighted by atomic mass is 10.0. The van der Waals surface area contributed by atoms with Gasteiger partial charge in [-0.05, 0) is 0 Å². The molecule has 1 fully saturated rings. The fourth-order valence-electron chi connectivity index (χ4n) is 1.23. The molecule has 0 heterocycles. The van der Waals surface area contributed by atoms with E-state index in [-0.39, 0.29) is 0 Å². The van der Waals surface area contributed by atoms with Crippen LogP contribution in [0, 0.1) is 0 Å². The van der Waals surface area contributed by atoms with E-state index in [4.69, 9.17) is 0 Å². The Bertz CT molecular complexity index is 54.7. The van der Waals surface area contributed by atoms with E-state index in [0.717, 1.165) is 0 Å². The average Bonchev–Trinajstić information content (AvgIpc) is 2.18. The van der Waals surface area contributed by atoms with E-state index >= 15 is 0 Å². The lowest BCUT2D eigenvalue weighted by Gasteiger charge is -2.05. The minimum atomic E-state index is 0.691. The van der Waals surface area contributed by atoms with Gasteiger partial charge in [0, 0.05) is 14.2 Å². The monoisotopic (exact) mass is 174 g/mol. The van der Waals surface area contributed by atoms with Gasteiger partial charge in [0.05, 0.1) is 13.2 Å². The Morgan fingerprint density at radius 3 is 1.08 bits per heavy atom. The lowest BCUT2D eigenvalue weighted by molar-refractivity contribution is 0.103. The fraction of sp³-hybridized carbons (Fsp3) is 1.00. The molecule has 0 radical (unpaired) electrons. The molecule has 0 saturated heterocycles. The zero-order valence-electron chi connectivity index (χ0n) is 8.47. The second-order valence-electron chi connectivity index (χ2n) is 3.11. The number of methoxy groups -OCH3 is 2. The quantitative estimate of drug-likeness (QED) is 0.612. The molecule has 2 heteroatoms. The van der Waals surface area contributed by atoms with E-state index in [1.165, 1.54) is 38.5 Å². The summed E-state index contributed by atoms with van der Waals surface area (Å²) in [5.41, 5.74) is 0. The predicted octanol–water partition coefficient (Wildman–Crippen LogP) is 2.62. The van der Waals surface area contributed by atoms with E-state index < -0.39 is 0 Å². The minimum absolute atomic E-state index is 0.691. The number of rotatable bonds is 3. The van der Waals surface area contributed by atoms with Crippen molar-refractivity contribution >= 4 is 0 Å². The van der Waals surface area contributed by atoms with Crippen molar-refractivity contribution in [1.29, 1.82) is 0 Å². The summed E-state index contributed by atoms with van der Waals surface area (Å²) in [5.74, 6) is 0. The van der Waals surface area contributed by atoms with Gasteiger partial charge < -0.3 is 9.47 Å². The van der Waals surface area contributed by atoms with Crippen molar-refractivity contribution in [3.63, 3.8) is 0 Å². The van der Waals surface area contributed by atoms with E-state index in [9.17, 15) is 0 Å². The van der Waals surface area contributed by atoms with Crippen LogP contribution in [0.4, 0.5) is 0 Å². The number of hydrogen-bond donors (Lipinski definition) is 0. The molecule has 1 rings (SSSR count). The maximum absolute atomic E-state index is 4.66. The topological polar surface area (TPSA) is 18.5 Å². The summed E-state index contributed by atoms with van der Waals surface area (Å²) in [5, 5.41) is 0. The Balaban J connectivity index is 0.000000202. The summed E-state index contributed by atoms with van der Waals surface area (Å²) in [4.78, 5) is 0. The highest BCUT2D eigenvalue weighted by Crippen LogP contribution is 2.15. The maximum atomic E-state index is 4.66. The van der Waals surface area contributed by atoms with E-state index in [1.807, 2.05) is 0 Å². The molecule has 1 aliphatic carbocycles. The molecule has 1 aliphatic rings. The van der Waals surface area contributed by atoms with Crippen molar-refractivity contribution in [3.05, 3.63) is 0 Å². The van der Waals surface area contributed by atoms with Crippen LogP contribution >= 0.6 is 0 Å². The fourth-order valence-corrected chi connectivity index (χ4v) is 1.23. The maximum Gasteiger partial charge on any atom is 0.0696 e. The Morgan fingerprint density at radius 1 is 0.667 bits per heavy atom. The van der Waals surface area contributed by atoms with Gasteiger partial charge in [0.25, 0.3) is 0 Å². The van der Waals surface area contributed by atoms with Crippen molar-refractivity contribution in [1.82, 2.24) is 0 Å². The van der Waals surface area contributed by atoms with Crippen LogP contribution < -0.4 is 0 Å². The molecular weight excluding hydrogens is 152 g/mol. The highest BCUT2D eigenvalue weighted by Gasteiger charge is 1.95. The third kappa shape index (κ3) is 9.92. The summed E-state index contributed by atoms with van der Waals surface area (Å²) in [6, 6.07) is 0. The first-order valence-electron chi connectivity index (χ1n) is 4.89. The van der Waals surface area contributed by atoms with Gasteiger partial charge in [-0.25, -0.2) is 0 Å². The van der Waals surface area contributed by atoms with Crippen molar-refractivity contribution < 1.29 is 9.47 Å². The standard InChI is InChI=1S/C6H12.C4H10O2/c1-2-4-6-5-3-1;1-5-3-4-6-2/h1-6H2;3-4H2,1-2H3. The molecular formula is C10H22O2. The molecule has 0 aromatic heterocycles. The Morgan fingerprint density at radius 2 is 0.917 bits per heavy atom. The number of hydrogen-bond acceptors (Lipinski definition) is 2. The lowest BCUT2D eigenvalue weighted by Crippen LogP contribution is -1.96. The summed E-state index contributed by atoms with van der Waals surface area (Å²) in [6.45, 7) is 1.38.